The number of nitrogens with zero attached hydrogens (tertiary/aromatic N) is 5. The predicted octanol–water partition coefficient (Wildman–Crippen LogP) is 1.40. The first-order valence-corrected chi connectivity index (χ1v) is 6.90. The van der Waals surface area contributed by atoms with Crippen molar-refractivity contribution in [1.29, 1.82) is 0 Å². The third-order valence-corrected chi connectivity index (χ3v) is 3.73. The van der Waals surface area contributed by atoms with Gasteiger partial charge in [-0.05, 0) is 18.2 Å². The lowest BCUT2D eigenvalue weighted by molar-refractivity contribution is -0.384. The van der Waals surface area contributed by atoms with Gasteiger partial charge in [-0.25, -0.2) is 9.97 Å². The van der Waals surface area contributed by atoms with Crippen LogP contribution in [0.1, 0.15) is 11.4 Å². The van der Waals surface area contributed by atoms with Crippen LogP contribution < -0.4 is 5.56 Å². The normalized spacial score (nSPS) is 13.8. The fourth-order valence-corrected chi connectivity index (χ4v) is 2.73. The number of nitro benzene ring substituents is 1. The Morgan fingerprint density at radius 3 is 2.92 bits per heavy atom. The number of benzene rings is 1. The highest BCUT2D eigenvalue weighted by atomic mass is 16.6. The van der Waals surface area contributed by atoms with Gasteiger partial charge in [0.1, 0.15) is 7.11 Å². The summed E-state index contributed by atoms with van der Waals surface area (Å²) >= 11 is 0. The summed E-state index contributed by atoms with van der Waals surface area (Å²) in [4.78, 5) is 36.6. The van der Waals surface area contributed by atoms with Crippen molar-refractivity contribution >= 4 is 22.4 Å². The summed E-state index contributed by atoms with van der Waals surface area (Å²) in [5.41, 5.74) is 0.974. The van der Waals surface area contributed by atoms with Gasteiger partial charge in [-0.3, -0.25) is 19.5 Å². The van der Waals surface area contributed by atoms with Crippen LogP contribution in [0.5, 0.6) is 0 Å². The molecule has 0 bridgehead atoms. The maximum atomic E-state index is 12.8. The Morgan fingerprint density at radius 1 is 1.33 bits per heavy atom. The van der Waals surface area contributed by atoms with Crippen molar-refractivity contribution in [2.24, 2.45) is 5.16 Å². The van der Waals surface area contributed by atoms with Crippen LogP contribution in [0.3, 0.4) is 0 Å². The van der Waals surface area contributed by atoms with E-state index in [1.165, 1.54) is 36.1 Å². The summed E-state index contributed by atoms with van der Waals surface area (Å²) < 4.78 is 1.36. The summed E-state index contributed by atoms with van der Waals surface area (Å²) in [5.74, 6) is 0.239. The average Bonchev–Trinajstić information content (AvgIpc) is 2.89. The van der Waals surface area contributed by atoms with E-state index in [1.807, 2.05) is 0 Å². The number of nitro groups is 1. The number of pyridine rings is 1. The van der Waals surface area contributed by atoms with Crippen molar-refractivity contribution in [2.75, 3.05) is 7.11 Å². The van der Waals surface area contributed by atoms with Gasteiger partial charge in [0.05, 0.1) is 16.0 Å². The Kier molecular flexibility index (Phi) is 2.89. The van der Waals surface area contributed by atoms with E-state index in [2.05, 4.69) is 15.1 Å². The molecule has 0 spiro atoms. The Balaban J connectivity index is 2.12. The minimum absolute atomic E-state index is 0.110. The smallest absolute Gasteiger partial charge is 0.270 e. The largest absolute Gasteiger partial charge is 0.399 e. The maximum absolute atomic E-state index is 12.8. The third-order valence-electron chi connectivity index (χ3n) is 3.73. The molecule has 4 rings (SSSR count). The number of fused-ring (bicyclic) bond motifs is 4. The highest BCUT2D eigenvalue weighted by Crippen LogP contribution is 2.29. The van der Waals surface area contributed by atoms with E-state index >= 15 is 0 Å². The Labute approximate surface area is 134 Å². The third kappa shape index (κ3) is 1.81. The molecular weight excluding hydrogens is 314 g/mol. The van der Waals surface area contributed by atoms with Crippen LogP contribution >= 0.6 is 0 Å². The van der Waals surface area contributed by atoms with E-state index in [0.717, 1.165) is 0 Å². The van der Waals surface area contributed by atoms with Gasteiger partial charge in [0.2, 0.25) is 0 Å². The lowest BCUT2D eigenvalue weighted by atomic mass is 10.1. The van der Waals surface area contributed by atoms with Gasteiger partial charge in [0.15, 0.2) is 17.2 Å². The molecule has 9 nitrogen and oxygen atoms in total. The van der Waals surface area contributed by atoms with E-state index in [9.17, 15) is 14.9 Å². The van der Waals surface area contributed by atoms with Crippen molar-refractivity contribution in [3.8, 4) is 5.69 Å². The molecule has 0 fully saturated rings. The summed E-state index contributed by atoms with van der Waals surface area (Å²) in [6, 6.07) is 7.45. The summed E-state index contributed by atoms with van der Waals surface area (Å²) in [7, 11) is 1.35. The SMILES string of the molecule is CO/N=C1\c2cc([N+](=O)[O-])ccc2-n2c1nc1ncccc1c2=O. The van der Waals surface area contributed by atoms with Crippen LogP contribution in [-0.2, 0) is 4.84 Å². The molecule has 1 aliphatic rings. The van der Waals surface area contributed by atoms with Crippen molar-refractivity contribution in [1.82, 2.24) is 14.5 Å². The highest BCUT2D eigenvalue weighted by molar-refractivity contribution is 6.16. The Bertz CT molecular complexity index is 1100. The zero-order valence-electron chi connectivity index (χ0n) is 12.3. The zero-order valence-corrected chi connectivity index (χ0v) is 12.3. The van der Waals surface area contributed by atoms with Crippen LogP contribution in [0, 0.1) is 10.1 Å². The molecule has 0 aliphatic carbocycles. The molecule has 0 saturated heterocycles. The molecular formula is C15H9N5O4. The van der Waals surface area contributed by atoms with E-state index in [4.69, 9.17) is 4.84 Å². The molecule has 0 N–H and O–H groups in total. The van der Waals surface area contributed by atoms with E-state index in [1.54, 1.807) is 12.1 Å². The van der Waals surface area contributed by atoms with E-state index in [-0.39, 0.29) is 28.4 Å². The molecule has 9 heteroatoms. The van der Waals surface area contributed by atoms with Gasteiger partial charge in [-0.15, -0.1) is 0 Å². The fourth-order valence-electron chi connectivity index (χ4n) is 2.73. The van der Waals surface area contributed by atoms with Gasteiger partial charge >= 0.3 is 0 Å². The second-order valence-electron chi connectivity index (χ2n) is 5.03. The second kappa shape index (κ2) is 4.95. The predicted molar refractivity (Wildman–Crippen MR) is 84.4 cm³/mol. The molecule has 3 aromatic rings. The van der Waals surface area contributed by atoms with Crippen LogP contribution in [0.4, 0.5) is 5.69 Å². The summed E-state index contributed by atoms with van der Waals surface area (Å²) in [6.07, 6.45) is 1.53. The summed E-state index contributed by atoms with van der Waals surface area (Å²) in [5, 5.41) is 15.3. The standard InChI is InChI=1S/C15H9N5O4/c1-24-18-12-10-7-8(20(22)23)4-5-11(10)19-14(12)17-13-9(15(19)21)3-2-6-16-13/h2-7H,1H3/b18-12+. The minimum Gasteiger partial charge on any atom is -0.399 e. The number of oxime groups is 1. The van der Waals surface area contributed by atoms with Crippen LogP contribution in [0.15, 0.2) is 46.5 Å². The Morgan fingerprint density at radius 2 is 2.17 bits per heavy atom. The van der Waals surface area contributed by atoms with Crippen LogP contribution in [0.25, 0.3) is 16.7 Å². The molecule has 1 aliphatic heterocycles. The van der Waals surface area contributed by atoms with Gasteiger partial charge in [0.25, 0.3) is 11.2 Å². The molecule has 0 unspecified atom stereocenters. The molecule has 24 heavy (non-hydrogen) atoms. The van der Waals surface area contributed by atoms with Gasteiger partial charge < -0.3 is 4.84 Å². The van der Waals surface area contributed by atoms with Crippen molar-refractivity contribution in [2.45, 2.75) is 0 Å². The Hall–Kier alpha value is -3.62. The monoisotopic (exact) mass is 323 g/mol. The zero-order chi connectivity index (χ0) is 16.8. The van der Waals surface area contributed by atoms with Gasteiger partial charge in [0, 0.05) is 23.9 Å². The fraction of sp³-hybridized carbons (Fsp3) is 0.0667. The average molecular weight is 323 g/mol. The number of hydrogen-bond donors (Lipinski definition) is 0. The lowest BCUT2D eigenvalue weighted by Gasteiger charge is -2.04. The maximum Gasteiger partial charge on any atom is 0.270 e. The van der Waals surface area contributed by atoms with Crippen LogP contribution in [0.2, 0.25) is 0 Å². The van der Waals surface area contributed by atoms with Crippen molar-refractivity contribution < 1.29 is 9.76 Å². The number of rotatable bonds is 2. The topological polar surface area (TPSA) is 113 Å². The molecule has 0 radical (unpaired) electrons. The second-order valence-corrected chi connectivity index (χ2v) is 5.03. The molecule has 1 aromatic carbocycles. The van der Waals surface area contributed by atoms with E-state index in [0.29, 0.717) is 16.6 Å². The molecule has 3 heterocycles. The number of aromatic nitrogens is 3. The van der Waals surface area contributed by atoms with Gasteiger partial charge in [-0.2, -0.15) is 0 Å². The van der Waals surface area contributed by atoms with E-state index < -0.39 is 4.92 Å². The minimum atomic E-state index is -0.512. The molecule has 118 valence electrons. The highest BCUT2D eigenvalue weighted by Gasteiger charge is 2.31. The van der Waals surface area contributed by atoms with Crippen LogP contribution in [-0.4, -0.2) is 32.3 Å². The first-order valence-electron chi connectivity index (χ1n) is 6.90. The van der Waals surface area contributed by atoms with Crippen molar-refractivity contribution in [3.05, 3.63) is 68.4 Å². The van der Waals surface area contributed by atoms with Gasteiger partial charge in [-0.1, -0.05) is 5.16 Å². The molecule has 0 saturated carbocycles. The lowest BCUT2D eigenvalue weighted by Crippen LogP contribution is -2.22. The number of hydrogen-bond acceptors (Lipinski definition) is 7. The molecule has 2 aromatic heterocycles. The quantitative estimate of drug-likeness (QED) is 0.407. The van der Waals surface area contributed by atoms with Crippen molar-refractivity contribution in [3.63, 3.8) is 0 Å². The molecule has 0 amide bonds. The first-order chi connectivity index (χ1) is 11.6. The number of non-ortho nitro benzene ring substituents is 1. The molecule has 0 atom stereocenters. The first kappa shape index (κ1) is 14.0. The summed E-state index contributed by atoms with van der Waals surface area (Å²) in [6.45, 7) is 0.